The molecule has 4 aromatic rings. The molecule has 0 aliphatic carbocycles. The third kappa shape index (κ3) is 5.28. The molecule has 2 N–H and O–H groups in total. The lowest BCUT2D eigenvalue weighted by Crippen LogP contribution is -2.39. The number of carbonyl (C=O) groups is 2. The van der Waals surface area contributed by atoms with E-state index in [1.54, 1.807) is 4.90 Å². The Balaban J connectivity index is 1.41. The number of urea groups is 1. The molecule has 1 aliphatic rings. The fourth-order valence-corrected chi connectivity index (χ4v) is 5.46. The van der Waals surface area contributed by atoms with Crippen molar-refractivity contribution in [1.29, 1.82) is 0 Å². The number of fused-ring (bicyclic) bond motifs is 1. The smallest absolute Gasteiger partial charge is 0.407 e. The summed E-state index contributed by atoms with van der Waals surface area (Å²) in [5.74, 6) is -0.0123. The summed E-state index contributed by atoms with van der Waals surface area (Å²) in [5, 5.41) is 15.4. The molecule has 0 aromatic heterocycles. The first-order chi connectivity index (χ1) is 18.0. The van der Waals surface area contributed by atoms with E-state index in [0.717, 1.165) is 27.6 Å². The molecule has 1 heterocycles. The number of carboxylic acid groups (broad SMARTS) is 1. The van der Waals surface area contributed by atoms with Gasteiger partial charge in [-0.05, 0) is 41.0 Å². The third-order valence-electron chi connectivity index (χ3n) is 7.40. The summed E-state index contributed by atoms with van der Waals surface area (Å²) in [7, 11) is 0. The van der Waals surface area contributed by atoms with Crippen LogP contribution in [0.4, 0.5) is 15.3 Å². The van der Waals surface area contributed by atoms with E-state index in [0.29, 0.717) is 19.6 Å². The Bertz CT molecular complexity index is 1370. The van der Waals surface area contributed by atoms with E-state index >= 15 is 0 Å². The Morgan fingerprint density at radius 3 is 2.27 bits per heavy atom. The standard InChI is InChI=1S/C31H31N3O3/c1-22(27-18-10-14-23-13-8-9-17-28(23)27)34(31(36)37)20-25-19-33(21-29(25)24-11-4-2-5-12-24)30(35)32-26-15-6-3-7-16-26/h2-18,22,25,29H,19-21H2,1H3,(H,32,35)(H,36,37)/t22-,25?,29?/m1/s1. The van der Waals surface area contributed by atoms with Crippen LogP contribution in [0.15, 0.2) is 103 Å². The SMILES string of the molecule is C[C@H](c1cccc2ccccc12)N(CC1CN(C(=O)Nc2ccccc2)CC1c1ccccc1)C(=O)O. The normalized spacial score (nSPS) is 17.9. The zero-order valence-corrected chi connectivity index (χ0v) is 20.8. The first-order valence-corrected chi connectivity index (χ1v) is 12.6. The van der Waals surface area contributed by atoms with Gasteiger partial charge in [-0.25, -0.2) is 9.59 Å². The molecule has 4 aromatic carbocycles. The van der Waals surface area contributed by atoms with Gasteiger partial charge in [0.15, 0.2) is 0 Å². The maximum Gasteiger partial charge on any atom is 0.407 e. The Morgan fingerprint density at radius 1 is 0.892 bits per heavy atom. The molecule has 0 spiro atoms. The van der Waals surface area contributed by atoms with Crippen molar-refractivity contribution in [3.63, 3.8) is 0 Å². The molecule has 3 atom stereocenters. The summed E-state index contributed by atoms with van der Waals surface area (Å²) < 4.78 is 0. The maximum atomic E-state index is 13.1. The molecule has 0 radical (unpaired) electrons. The van der Waals surface area contributed by atoms with E-state index in [-0.39, 0.29) is 23.9 Å². The van der Waals surface area contributed by atoms with Crippen molar-refractivity contribution in [2.24, 2.45) is 5.92 Å². The predicted octanol–water partition coefficient (Wildman–Crippen LogP) is 6.83. The highest BCUT2D eigenvalue weighted by Gasteiger charge is 2.39. The molecule has 37 heavy (non-hydrogen) atoms. The average Bonchev–Trinajstić information content (AvgIpc) is 3.36. The number of amides is 3. The van der Waals surface area contributed by atoms with Crippen molar-refractivity contribution in [2.45, 2.75) is 18.9 Å². The Hall–Kier alpha value is -4.32. The number of hydrogen-bond donors (Lipinski definition) is 2. The highest BCUT2D eigenvalue weighted by molar-refractivity contribution is 5.89. The second kappa shape index (κ2) is 10.7. The molecule has 1 fully saturated rings. The molecule has 0 bridgehead atoms. The van der Waals surface area contributed by atoms with Crippen molar-refractivity contribution < 1.29 is 14.7 Å². The number of rotatable bonds is 6. The lowest BCUT2D eigenvalue weighted by molar-refractivity contribution is 0.117. The van der Waals surface area contributed by atoms with Gasteiger partial charge in [0.05, 0.1) is 6.04 Å². The largest absolute Gasteiger partial charge is 0.465 e. The highest BCUT2D eigenvalue weighted by atomic mass is 16.4. The summed E-state index contributed by atoms with van der Waals surface area (Å²) in [4.78, 5) is 29.0. The molecule has 2 unspecified atom stereocenters. The molecule has 6 heteroatoms. The summed E-state index contributed by atoms with van der Waals surface area (Å²) >= 11 is 0. The van der Waals surface area contributed by atoms with Gasteiger partial charge in [-0.2, -0.15) is 0 Å². The topological polar surface area (TPSA) is 72.9 Å². The summed E-state index contributed by atoms with van der Waals surface area (Å²) in [5.41, 5.74) is 2.84. The van der Waals surface area contributed by atoms with E-state index in [1.165, 1.54) is 4.90 Å². The molecule has 5 rings (SSSR count). The molecule has 188 valence electrons. The number of nitrogens with one attached hydrogen (secondary N) is 1. The van der Waals surface area contributed by atoms with E-state index in [4.69, 9.17) is 0 Å². The van der Waals surface area contributed by atoms with Crippen molar-refractivity contribution in [1.82, 2.24) is 9.80 Å². The van der Waals surface area contributed by atoms with Crippen molar-refractivity contribution in [3.8, 4) is 0 Å². The fourth-order valence-electron chi connectivity index (χ4n) is 5.46. The predicted molar refractivity (Wildman–Crippen MR) is 147 cm³/mol. The highest BCUT2D eigenvalue weighted by Crippen LogP contribution is 2.36. The van der Waals surface area contributed by atoms with E-state index in [9.17, 15) is 14.7 Å². The second-order valence-electron chi connectivity index (χ2n) is 9.66. The molecular weight excluding hydrogens is 462 g/mol. The van der Waals surface area contributed by atoms with Gasteiger partial charge in [-0.15, -0.1) is 0 Å². The Morgan fingerprint density at radius 2 is 1.54 bits per heavy atom. The van der Waals surface area contributed by atoms with Crippen LogP contribution < -0.4 is 5.32 Å². The lowest BCUT2D eigenvalue weighted by atomic mass is 9.88. The number of para-hydroxylation sites is 1. The van der Waals surface area contributed by atoms with Crippen LogP contribution in [-0.2, 0) is 0 Å². The summed E-state index contributed by atoms with van der Waals surface area (Å²) in [6.07, 6.45) is -0.959. The van der Waals surface area contributed by atoms with Gasteiger partial charge in [0.2, 0.25) is 0 Å². The fraction of sp³-hybridized carbons (Fsp3) is 0.226. The minimum absolute atomic E-state index is 0.0318. The van der Waals surface area contributed by atoms with Crippen LogP contribution in [0.5, 0.6) is 0 Å². The number of anilines is 1. The van der Waals surface area contributed by atoms with Gasteiger partial charge in [0.25, 0.3) is 0 Å². The molecular formula is C31H31N3O3. The average molecular weight is 494 g/mol. The van der Waals surface area contributed by atoms with Gasteiger partial charge in [0, 0.05) is 37.2 Å². The van der Waals surface area contributed by atoms with Crippen LogP contribution in [-0.4, -0.2) is 46.7 Å². The molecule has 3 amide bonds. The number of benzene rings is 4. The van der Waals surface area contributed by atoms with Crippen LogP contribution in [0.25, 0.3) is 10.8 Å². The minimum Gasteiger partial charge on any atom is -0.465 e. The van der Waals surface area contributed by atoms with Crippen LogP contribution in [0.1, 0.15) is 30.0 Å². The maximum absolute atomic E-state index is 13.1. The van der Waals surface area contributed by atoms with Crippen LogP contribution in [0.2, 0.25) is 0 Å². The molecule has 1 aliphatic heterocycles. The second-order valence-corrected chi connectivity index (χ2v) is 9.66. The first kappa shape index (κ1) is 24.4. The Labute approximate surface area is 217 Å². The number of carbonyl (C=O) groups excluding carboxylic acids is 1. The third-order valence-corrected chi connectivity index (χ3v) is 7.40. The summed E-state index contributed by atoms with van der Waals surface area (Å²) in [6.45, 7) is 3.28. The van der Waals surface area contributed by atoms with E-state index in [1.807, 2.05) is 97.9 Å². The first-order valence-electron chi connectivity index (χ1n) is 12.6. The van der Waals surface area contributed by atoms with E-state index in [2.05, 4.69) is 17.4 Å². The zero-order valence-electron chi connectivity index (χ0n) is 20.8. The van der Waals surface area contributed by atoms with Gasteiger partial charge in [-0.3, -0.25) is 0 Å². The lowest BCUT2D eigenvalue weighted by Gasteiger charge is -2.31. The number of nitrogens with zero attached hydrogens (tertiary/aromatic N) is 2. The van der Waals surface area contributed by atoms with Crippen molar-refractivity contribution in [3.05, 3.63) is 114 Å². The monoisotopic (exact) mass is 493 g/mol. The quantitative estimate of drug-likeness (QED) is 0.309. The number of likely N-dealkylation sites (tertiary alicyclic amines) is 1. The van der Waals surface area contributed by atoms with Crippen molar-refractivity contribution in [2.75, 3.05) is 25.0 Å². The zero-order chi connectivity index (χ0) is 25.8. The van der Waals surface area contributed by atoms with Crippen LogP contribution >= 0.6 is 0 Å². The molecule has 6 nitrogen and oxygen atoms in total. The van der Waals surface area contributed by atoms with Crippen LogP contribution in [0.3, 0.4) is 0 Å². The minimum atomic E-state index is -0.959. The van der Waals surface area contributed by atoms with Crippen molar-refractivity contribution >= 4 is 28.6 Å². The molecule has 1 saturated heterocycles. The van der Waals surface area contributed by atoms with Gasteiger partial charge in [-0.1, -0.05) is 91.0 Å². The van der Waals surface area contributed by atoms with Gasteiger partial charge < -0.3 is 20.2 Å². The number of hydrogen-bond acceptors (Lipinski definition) is 2. The van der Waals surface area contributed by atoms with Crippen LogP contribution in [0, 0.1) is 5.92 Å². The van der Waals surface area contributed by atoms with Gasteiger partial charge >= 0.3 is 12.1 Å². The van der Waals surface area contributed by atoms with E-state index < -0.39 is 6.09 Å². The van der Waals surface area contributed by atoms with Gasteiger partial charge in [0.1, 0.15) is 0 Å². The summed E-state index contributed by atoms with van der Waals surface area (Å²) in [6, 6.07) is 33.1. The molecule has 0 saturated carbocycles. The Kier molecular flexibility index (Phi) is 7.08.